The monoisotopic (exact) mass is 218 g/mol. The molecule has 0 unspecified atom stereocenters. The van der Waals surface area contributed by atoms with Gasteiger partial charge in [-0.1, -0.05) is 6.07 Å². The van der Waals surface area contributed by atoms with Gasteiger partial charge in [0, 0.05) is 32.4 Å². The topological polar surface area (TPSA) is 48.5 Å². The van der Waals surface area contributed by atoms with E-state index >= 15 is 0 Å². The summed E-state index contributed by atoms with van der Waals surface area (Å²) in [5.74, 6) is 0.998. The summed E-state index contributed by atoms with van der Waals surface area (Å²) in [6.07, 6.45) is 1.80. The van der Waals surface area contributed by atoms with Gasteiger partial charge in [0.2, 0.25) is 0 Å². The van der Waals surface area contributed by atoms with E-state index in [4.69, 9.17) is 0 Å². The molecule has 84 valence electrons. The average Bonchev–Trinajstić information content (AvgIpc) is 2.65. The van der Waals surface area contributed by atoms with Crippen molar-refractivity contribution in [2.75, 3.05) is 31.1 Å². The first kappa shape index (κ1) is 9.45. The smallest absolute Gasteiger partial charge is 0.317 e. The fourth-order valence-corrected chi connectivity index (χ4v) is 2.22. The second-order valence-electron chi connectivity index (χ2n) is 4.17. The number of anilines is 1. The number of aromatic nitrogens is 1. The van der Waals surface area contributed by atoms with Crippen molar-refractivity contribution in [1.82, 2.24) is 15.2 Å². The third kappa shape index (κ3) is 1.48. The molecule has 2 saturated heterocycles. The van der Waals surface area contributed by atoms with Gasteiger partial charge in [0.25, 0.3) is 0 Å². The second-order valence-corrected chi connectivity index (χ2v) is 4.17. The molecular weight excluding hydrogens is 204 g/mol. The summed E-state index contributed by atoms with van der Waals surface area (Å²) in [4.78, 5) is 19.8. The normalized spacial score (nSPS) is 20.9. The number of nitrogens with one attached hydrogen (secondary N) is 1. The molecule has 2 amide bonds. The maximum atomic E-state index is 11.4. The Morgan fingerprint density at radius 3 is 2.88 bits per heavy atom. The minimum atomic E-state index is 0.0747. The zero-order chi connectivity index (χ0) is 11.0. The Labute approximate surface area is 94.1 Å². The lowest BCUT2D eigenvalue weighted by molar-refractivity contribution is 0.185. The number of rotatable bonds is 2. The van der Waals surface area contributed by atoms with E-state index in [1.807, 2.05) is 23.1 Å². The van der Waals surface area contributed by atoms with Gasteiger partial charge in [-0.3, -0.25) is 0 Å². The molecule has 2 aliphatic rings. The van der Waals surface area contributed by atoms with E-state index in [9.17, 15) is 4.79 Å². The number of urea groups is 1. The Morgan fingerprint density at radius 1 is 1.38 bits per heavy atom. The summed E-state index contributed by atoms with van der Waals surface area (Å²) >= 11 is 0. The lowest BCUT2D eigenvalue weighted by Crippen LogP contribution is -2.60. The van der Waals surface area contributed by atoms with Crippen LogP contribution in [0.15, 0.2) is 24.4 Å². The fourth-order valence-electron chi connectivity index (χ4n) is 2.22. The van der Waals surface area contributed by atoms with Crippen LogP contribution in [0.1, 0.15) is 0 Å². The Kier molecular flexibility index (Phi) is 2.16. The molecule has 5 nitrogen and oxygen atoms in total. The van der Waals surface area contributed by atoms with Gasteiger partial charge in [0.15, 0.2) is 0 Å². The van der Waals surface area contributed by atoms with Crippen molar-refractivity contribution < 1.29 is 4.79 Å². The molecule has 0 aliphatic carbocycles. The third-order valence-electron chi connectivity index (χ3n) is 3.17. The first-order valence-corrected chi connectivity index (χ1v) is 5.55. The largest absolute Gasteiger partial charge is 0.352 e. The van der Waals surface area contributed by atoms with Gasteiger partial charge in [-0.05, 0) is 12.1 Å². The lowest BCUT2D eigenvalue weighted by Gasteiger charge is -2.44. The van der Waals surface area contributed by atoms with Gasteiger partial charge >= 0.3 is 6.03 Å². The van der Waals surface area contributed by atoms with Crippen LogP contribution in [0.5, 0.6) is 0 Å². The summed E-state index contributed by atoms with van der Waals surface area (Å²) < 4.78 is 0. The van der Waals surface area contributed by atoms with Crippen molar-refractivity contribution in [3.8, 4) is 0 Å². The van der Waals surface area contributed by atoms with Gasteiger partial charge < -0.3 is 15.1 Å². The minimum absolute atomic E-state index is 0.0747. The molecule has 0 atom stereocenters. The van der Waals surface area contributed by atoms with Crippen LogP contribution in [0.4, 0.5) is 10.6 Å². The number of carbonyl (C=O) groups excluding carboxylic acids is 1. The molecule has 0 spiro atoms. The highest BCUT2D eigenvalue weighted by atomic mass is 16.2. The number of pyridine rings is 1. The van der Waals surface area contributed by atoms with Crippen LogP contribution in [0, 0.1) is 0 Å². The number of carbonyl (C=O) groups is 1. The van der Waals surface area contributed by atoms with Crippen LogP contribution < -0.4 is 10.2 Å². The van der Waals surface area contributed by atoms with Crippen LogP contribution in [0.25, 0.3) is 0 Å². The molecule has 0 saturated carbocycles. The zero-order valence-electron chi connectivity index (χ0n) is 8.97. The van der Waals surface area contributed by atoms with Crippen LogP contribution in [0.2, 0.25) is 0 Å². The quantitative estimate of drug-likeness (QED) is 0.776. The molecule has 0 bridgehead atoms. The van der Waals surface area contributed by atoms with Crippen LogP contribution >= 0.6 is 0 Å². The molecule has 1 aromatic heterocycles. The highest BCUT2D eigenvalue weighted by Gasteiger charge is 2.36. The van der Waals surface area contributed by atoms with Crippen molar-refractivity contribution in [1.29, 1.82) is 0 Å². The SMILES string of the molecule is O=C1NCCN1C1CN(c2ccccn2)C1. The van der Waals surface area contributed by atoms with E-state index < -0.39 is 0 Å². The molecule has 5 heteroatoms. The van der Waals surface area contributed by atoms with Crippen molar-refractivity contribution in [2.45, 2.75) is 6.04 Å². The predicted molar refractivity (Wildman–Crippen MR) is 60.3 cm³/mol. The highest BCUT2D eigenvalue weighted by Crippen LogP contribution is 2.22. The van der Waals surface area contributed by atoms with Crippen molar-refractivity contribution in [3.05, 3.63) is 24.4 Å². The van der Waals surface area contributed by atoms with E-state index in [0.717, 1.165) is 32.0 Å². The van der Waals surface area contributed by atoms with Crippen LogP contribution in [0.3, 0.4) is 0 Å². The van der Waals surface area contributed by atoms with E-state index in [1.54, 1.807) is 6.20 Å². The number of hydrogen-bond donors (Lipinski definition) is 1. The van der Waals surface area contributed by atoms with Gasteiger partial charge in [-0.25, -0.2) is 9.78 Å². The molecular formula is C11H14N4O. The van der Waals surface area contributed by atoms with E-state index in [2.05, 4.69) is 15.2 Å². The van der Waals surface area contributed by atoms with Gasteiger partial charge in [0.1, 0.15) is 5.82 Å². The van der Waals surface area contributed by atoms with Crippen molar-refractivity contribution >= 4 is 11.8 Å². The Balaban J connectivity index is 1.61. The van der Waals surface area contributed by atoms with Gasteiger partial charge in [0.05, 0.1) is 6.04 Å². The Morgan fingerprint density at radius 2 is 2.25 bits per heavy atom. The van der Waals surface area contributed by atoms with Crippen LogP contribution in [-0.2, 0) is 0 Å². The molecule has 2 fully saturated rings. The molecule has 16 heavy (non-hydrogen) atoms. The number of amides is 2. The van der Waals surface area contributed by atoms with E-state index in [0.29, 0.717) is 6.04 Å². The van der Waals surface area contributed by atoms with E-state index in [-0.39, 0.29) is 6.03 Å². The predicted octanol–water partition coefficient (Wildman–Crippen LogP) is 0.295. The first-order valence-electron chi connectivity index (χ1n) is 5.55. The molecule has 0 aromatic carbocycles. The summed E-state index contributed by atoms with van der Waals surface area (Å²) in [7, 11) is 0. The standard InChI is InChI=1S/C11H14N4O/c16-11-13-5-6-15(11)9-7-14(8-9)10-3-1-2-4-12-10/h1-4,9H,5-8H2,(H,13,16). The summed E-state index contributed by atoms with van der Waals surface area (Å²) in [5, 5.41) is 2.83. The molecule has 0 radical (unpaired) electrons. The zero-order valence-corrected chi connectivity index (χ0v) is 8.97. The summed E-state index contributed by atoms with van der Waals surface area (Å²) in [6, 6.07) is 6.32. The Bertz CT molecular complexity index is 388. The lowest BCUT2D eigenvalue weighted by atomic mass is 10.1. The minimum Gasteiger partial charge on any atom is -0.352 e. The summed E-state index contributed by atoms with van der Waals surface area (Å²) in [6.45, 7) is 3.40. The molecule has 1 aromatic rings. The Hall–Kier alpha value is -1.78. The summed E-state index contributed by atoms with van der Waals surface area (Å²) in [5.41, 5.74) is 0. The van der Waals surface area contributed by atoms with E-state index in [1.165, 1.54) is 0 Å². The van der Waals surface area contributed by atoms with Crippen LogP contribution in [-0.4, -0.2) is 48.1 Å². The first-order chi connectivity index (χ1) is 7.84. The maximum absolute atomic E-state index is 11.4. The average molecular weight is 218 g/mol. The van der Waals surface area contributed by atoms with Crippen molar-refractivity contribution in [2.24, 2.45) is 0 Å². The number of nitrogens with zero attached hydrogens (tertiary/aromatic N) is 3. The maximum Gasteiger partial charge on any atom is 0.317 e. The molecule has 3 rings (SSSR count). The second kappa shape index (κ2) is 3.66. The number of hydrogen-bond acceptors (Lipinski definition) is 3. The molecule has 3 heterocycles. The molecule has 1 N–H and O–H groups in total. The fraction of sp³-hybridized carbons (Fsp3) is 0.455. The van der Waals surface area contributed by atoms with Gasteiger partial charge in [-0.2, -0.15) is 0 Å². The molecule has 2 aliphatic heterocycles. The van der Waals surface area contributed by atoms with Crippen molar-refractivity contribution in [3.63, 3.8) is 0 Å². The third-order valence-corrected chi connectivity index (χ3v) is 3.17. The van der Waals surface area contributed by atoms with Gasteiger partial charge in [-0.15, -0.1) is 0 Å². The highest BCUT2D eigenvalue weighted by molar-refractivity contribution is 5.77.